The molecule has 5 rings (SSSR count). The van der Waals surface area contributed by atoms with E-state index in [4.69, 9.17) is 10.6 Å². The van der Waals surface area contributed by atoms with E-state index in [0.717, 1.165) is 11.3 Å². The minimum atomic E-state index is -1.22. The van der Waals surface area contributed by atoms with Crippen molar-refractivity contribution in [1.82, 2.24) is 25.4 Å². The van der Waals surface area contributed by atoms with E-state index in [2.05, 4.69) is 41.6 Å². The number of amides is 2. The molecule has 0 bridgehead atoms. The number of halogens is 1. The lowest BCUT2D eigenvalue weighted by Crippen LogP contribution is -2.71. The Kier molecular flexibility index (Phi) is 8.60. The summed E-state index contributed by atoms with van der Waals surface area (Å²) in [6.07, 6.45) is 0. The Morgan fingerprint density at radius 2 is 2.17 bits per heavy atom. The number of fused-ring (bicyclic) bond motifs is 1. The number of aromatic nitrogens is 3. The molecule has 1 aromatic carbocycles. The number of aliphatic carboxylic acids is 1. The number of carboxylic acid groups (broad SMARTS) is 1. The first-order valence-corrected chi connectivity index (χ1v) is 15.8. The number of benzene rings is 1. The van der Waals surface area contributed by atoms with Crippen LogP contribution in [0.4, 0.5) is 5.13 Å². The van der Waals surface area contributed by atoms with Crippen LogP contribution in [-0.2, 0) is 25.8 Å². The van der Waals surface area contributed by atoms with Gasteiger partial charge >= 0.3 is 5.97 Å². The summed E-state index contributed by atoms with van der Waals surface area (Å²) < 4.78 is 1.21. The van der Waals surface area contributed by atoms with E-state index < -0.39 is 29.2 Å². The van der Waals surface area contributed by atoms with E-state index in [0.29, 0.717) is 31.5 Å². The monoisotopic (exact) mass is 683 g/mol. The molecule has 18 heteroatoms. The number of nitrogens with two attached hydrogens (primary N) is 1. The Morgan fingerprint density at radius 3 is 2.85 bits per heavy atom. The van der Waals surface area contributed by atoms with Crippen molar-refractivity contribution in [2.75, 3.05) is 17.2 Å². The Hall–Kier alpha value is -3.19. The molecule has 208 valence electrons. The molecule has 3 aromatic rings. The van der Waals surface area contributed by atoms with Crippen LogP contribution in [0.15, 0.2) is 54.3 Å². The van der Waals surface area contributed by atoms with Crippen LogP contribution in [0.2, 0.25) is 0 Å². The van der Waals surface area contributed by atoms with Crippen molar-refractivity contribution in [3.05, 3.63) is 56.1 Å². The highest BCUT2D eigenvalue weighted by atomic mass is 79.9. The summed E-state index contributed by atoms with van der Waals surface area (Å²) in [6.45, 7) is -0.0591. The van der Waals surface area contributed by atoms with Crippen molar-refractivity contribution in [3.63, 3.8) is 0 Å². The molecular formula is C22H18BrN7O6S4. The number of aromatic hydroxyl groups is 1. The average molecular weight is 685 g/mol. The average Bonchev–Trinajstić information content (AvgIpc) is 3.61. The quantitative estimate of drug-likeness (QED) is 0.106. The summed E-state index contributed by atoms with van der Waals surface area (Å²) in [5.74, 6) is -1.78. The number of rotatable bonds is 10. The summed E-state index contributed by atoms with van der Waals surface area (Å²) in [7, 11) is 0. The van der Waals surface area contributed by atoms with Crippen LogP contribution in [-0.4, -0.2) is 76.7 Å². The van der Waals surface area contributed by atoms with Gasteiger partial charge in [0.05, 0.1) is 4.47 Å². The topological polar surface area (TPSA) is 193 Å². The van der Waals surface area contributed by atoms with Crippen molar-refractivity contribution in [2.24, 2.45) is 5.16 Å². The number of hydrogen-bond donors (Lipinski definition) is 4. The zero-order valence-corrected chi connectivity index (χ0v) is 24.9. The highest BCUT2D eigenvalue weighted by Gasteiger charge is 2.54. The van der Waals surface area contributed by atoms with Gasteiger partial charge < -0.3 is 26.1 Å². The first kappa shape index (κ1) is 28.3. The lowest BCUT2D eigenvalue weighted by Gasteiger charge is -2.49. The maximum absolute atomic E-state index is 13.3. The second kappa shape index (κ2) is 12.1. The first-order chi connectivity index (χ1) is 19.2. The molecule has 13 nitrogen and oxygen atoms in total. The van der Waals surface area contributed by atoms with Crippen molar-refractivity contribution >= 4 is 90.8 Å². The minimum absolute atomic E-state index is 0.0186. The Morgan fingerprint density at radius 1 is 1.35 bits per heavy atom. The van der Waals surface area contributed by atoms with Gasteiger partial charge in [0.1, 0.15) is 40.7 Å². The fraction of sp³-hybridized carbons (Fsp3) is 0.227. The van der Waals surface area contributed by atoms with Gasteiger partial charge in [0, 0.05) is 16.9 Å². The molecule has 0 spiro atoms. The molecule has 2 amide bonds. The minimum Gasteiger partial charge on any atom is -0.507 e. The number of nitrogen functional groups attached to an aromatic ring is 1. The zero-order valence-electron chi connectivity index (χ0n) is 20.0. The van der Waals surface area contributed by atoms with Crippen LogP contribution in [0.25, 0.3) is 0 Å². The van der Waals surface area contributed by atoms with Crippen LogP contribution in [0, 0.1) is 0 Å². The standard InChI is InChI=1S/C22H18BrN7O6S4/c23-11-2-1-9(3-13(11)31)4-36-29-14(12-7-38-21(24)26-12)17(32)27-15-18(33)30-16(20(34)35)10(5-37-19(15)30)6-39-22-28-25-8-40-22/h1-3,7-8,15,19,31H,4-6H2,(H2,24,26)(H,27,32)(H,34,35)/t15?,19-/m1/s1. The van der Waals surface area contributed by atoms with Crippen LogP contribution >= 0.6 is 62.1 Å². The number of anilines is 1. The SMILES string of the molecule is Nc1nc(C(=NOCc2ccc(Br)c(O)c2)C(=O)NC2C(=O)N3C(C(=O)O)=C(CSc4nncs4)CS[C@H]23)cs1. The van der Waals surface area contributed by atoms with E-state index in [-0.39, 0.29) is 34.6 Å². The molecule has 2 aromatic heterocycles. The van der Waals surface area contributed by atoms with Gasteiger partial charge in [0.15, 0.2) is 15.2 Å². The van der Waals surface area contributed by atoms with E-state index in [9.17, 15) is 24.6 Å². The van der Waals surface area contributed by atoms with E-state index in [1.165, 1.54) is 51.2 Å². The van der Waals surface area contributed by atoms with Gasteiger partial charge in [-0.15, -0.1) is 33.3 Å². The lowest BCUT2D eigenvalue weighted by molar-refractivity contribution is -0.150. The largest absolute Gasteiger partial charge is 0.507 e. The molecule has 1 unspecified atom stereocenters. The van der Waals surface area contributed by atoms with Gasteiger partial charge in [-0.1, -0.05) is 34.3 Å². The summed E-state index contributed by atoms with van der Waals surface area (Å²) in [6, 6.07) is 3.85. The van der Waals surface area contributed by atoms with Gasteiger partial charge in [0.25, 0.3) is 11.8 Å². The van der Waals surface area contributed by atoms with E-state index in [1.54, 1.807) is 17.6 Å². The number of nitrogens with one attached hydrogen (secondary N) is 1. The highest BCUT2D eigenvalue weighted by molar-refractivity contribution is 9.10. The molecule has 40 heavy (non-hydrogen) atoms. The maximum Gasteiger partial charge on any atom is 0.352 e. The highest BCUT2D eigenvalue weighted by Crippen LogP contribution is 2.41. The molecule has 0 saturated carbocycles. The molecule has 2 atom stereocenters. The summed E-state index contributed by atoms with van der Waals surface area (Å²) in [5.41, 5.74) is 8.37. The number of carbonyl (C=O) groups is 3. The number of carboxylic acids is 1. The van der Waals surface area contributed by atoms with Crippen LogP contribution in [0.5, 0.6) is 5.75 Å². The van der Waals surface area contributed by atoms with E-state index in [1.807, 2.05) is 0 Å². The van der Waals surface area contributed by atoms with Gasteiger partial charge in [-0.3, -0.25) is 14.5 Å². The summed E-state index contributed by atoms with van der Waals surface area (Å²) >= 11 is 8.34. The van der Waals surface area contributed by atoms with Gasteiger partial charge in [-0.2, -0.15) is 0 Å². The first-order valence-electron chi connectivity index (χ1n) is 11.2. The van der Waals surface area contributed by atoms with Crippen LogP contribution in [0.1, 0.15) is 11.3 Å². The number of phenolic OH excluding ortho intramolecular Hbond substituents is 1. The molecule has 1 saturated heterocycles. The normalized spacial score (nSPS) is 18.8. The number of carbonyl (C=O) groups excluding carboxylic acids is 2. The van der Waals surface area contributed by atoms with Crippen LogP contribution in [0.3, 0.4) is 0 Å². The molecular weight excluding hydrogens is 666 g/mol. The predicted molar refractivity (Wildman–Crippen MR) is 154 cm³/mol. The third kappa shape index (κ3) is 5.95. The zero-order chi connectivity index (χ0) is 28.4. The molecule has 4 heterocycles. The predicted octanol–water partition coefficient (Wildman–Crippen LogP) is 2.50. The number of phenols is 1. The Balaban J connectivity index is 1.30. The van der Waals surface area contributed by atoms with Crippen molar-refractivity contribution in [2.45, 2.75) is 22.4 Å². The molecule has 2 aliphatic rings. The number of thiazole rings is 1. The smallest absolute Gasteiger partial charge is 0.352 e. The Bertz CT molecular complexity index is 1530. The fourth-order valence-electron chi connectivity index (χ4n) is 3.80. The van der Waals surface area contributed by atoms with Gasteiger partial charge in [-0.25, -0.2) is 9.78 Å². The number of nitrogens with zero attached hydrogens (tertiary/aromatic N) is 5. The third-order valence-corrected chi connectivity index (χ3v) is 10.3. The fourth-order valence-corrected chi connectivity index (χ4v) is 7.57. The molecule has 1 fully saturated rings. The number of oxime groups is 1. The number of thioether (sulfide) groups is 2. The maximum atomic E-state index is 13.3. The summed E-state index contributed by atoms with van der Waals surface area (Å²) in [5, 5.41) is 35.2. The van der Waals surface area contributed by atoms with Crippen molar-refractivity contribution in [3.8, 4) is 5.75 Å². The van der Waals surface area contributed by atoms with Gasteiger partial charge in [-0.05, 0) is 39.2 Å². The Labute approximate surface area is 251 Å². The molecule has 2 aliphatic heterocycles. The van der Waals surface area contributed by atoms with Gasteiger partial charge in [0.2, 0.25) is 0 Å². The molecule has 0 radical (unpaired) electrons. The van der Waals surface area contributed by atoms with Crippen molar-refractivity contribution in [1.29, 1.82) is 0 Å². The van der Waals surface area contributed by atoms with E-state index >= 15 is 0 Å². The third-order valence-electron chi connectivity index (χ3n) is 5.62. The lowest BCUT2D eigenvalue weighted by atomic mass is 10.0. The number of β-lactam (4-membered cyclic amide) rings is 1. The second-order valence-corrected chi connectivity index (χ2v) is 13.1. The van der Waals surface area contributed by atoms with Crippen LogP contribution < -0.4 is 11.1 Å². The molecule has 5 N–H and O–H groups in total. The van der Waals surface area contributed by atoms with Crippen molar-refractivity contribution < 1.29 is 29.4 Å². The summed E-state index contributed by atoms with van der Waals surface area (Å²) in [4.78, 5) is 49.1. The molecule has 0 aliphatic carbocycles. The number of hydrogen-bond acceptors (Lipinski definition) is 14. The second-order valence-electron chi connectivity index (χ2n) is 8.18.